The van der Waals surface area contributed by atoms with Crippen LogP contribution < -0.4 is 10.1 Å². The zero-order chi connectivity index (χ0) is 17.1. The lowest BCUT2D eigenvalue weighted by molar-refractivity contribution is -0.122. The first-order chi connectivity index (χ1) is 11.5. The number of nitrogens with one attached hydrogen (secondary N) is 1. The maximum absolute atomic E-state index is 12.5. The summed E-state index contributed by atoms with van der Waals surface area (Å²) in [4.78, 5) is 12.5. The molecular weight excluding hydrogens is 322 g/mol. The summed E-state index contributed by atoms with van der Waals surface area (Å²) in [6, 6.07) is 11.6. The first-order valence-electron chi connectivity index (χ1n) is 8.39. The van der Waals surface area contributed by atoms with E-state index in [1.807, 2.05) is 31.2 Å². The lowest BCUT2D eigenvalue weighted by atomic mass is 9.91. The van der Waals surface area contributed by atoms with Crippen molar-refractivity contribution in [3.05, 3.63) is 58.1 Å². The molecule has 0 fully saturated rings. The van der Waals surface area contributed by atoms with Crippen molar-refractivity contribution in [2.24, 2.45) is 0 Å². The van der Waals surface area contributed by atoms with Gasteiger partial charge in [-0.05, 0) is 74.4 Å². The third kappa shape index (κ3) is 3.73. The first-order valence-corrected chi connectivity index (χ1v) is 8.77. The molecule has 0 saturated heterocycles. The van der Waals surface area contributed by atoms with Crippen LogP contribution in [0.1, 0.15) is 36.5 Å². The zero-order valence-corrected chi connectivity index (χ0v) is 14.8. The molecule has 4 heteroatoms. The molecule has 1 aliphatic rings. The Kier molecular flexibility index (Phi) is 5.10. The molecule has 2 aromatic rings. The molecule has 1 N–H and O–H groups in total. The van der Waals surface area contributed by atoms with Crippen molar-refractivity contribution in [2.75, 3.05) is 5.32 Å². The molecule has 126 valence electrons. The molecule has 24 heavy (non-hydrogen) atoms. The summed E-state index contributed by atoms with van der Waals surface area (Å²) in [5, 5.41) is 3.50. The van der Waals surface area contributed by atoms with Crippen molar-refractivity contribution in [3.63, 3.8) is 0 Å². The number of carbonyl (C=O) groups is 1. The number of benzene rings is 2. The molecule has 0 spiro atoms. The summed E-state index contributed by atoms with van der Waals surface area (Å²) in [6.45, 7) is 3.71. The summed E-state index contributed by atoms with van der Waals surface area (Å²) >= 11 is 6.01. The summed E-state index contributed by atoms with van der Waals surface area (Å²) in [7, 11) is 0. The van der Waals surface area contributed by atoms with Crippen LogP contribution in [0.25, 0.3) is 0 Å². The van der Waals surface area contributed by atoms with Crippen molar-refractivity contribution in [2.45, 2.75) is 45.6 Å². The number of ether oxygens (including phenoxy) is 1. The van der Waals surface area contributed by atoms with Gasteiger partial charge in [0, 0.05) is 10.7 Å². The van der Waals surface area contributed by atoms with Crippen molar-refractivity contribution < 1.29 is 9.53 Å². The number of amides is 1. The van der Waals surface area contributed by atoms with Crippen LogP contribution in [-0.2, 0) is 17.6 Å². The number of rotatable bonds is 4. The highest BCUT2D eigenvalue weighted by Gasteiger charge is 2.20. The van der Waals surface area contributed by atoms with E-state index < -0.39 is 6.10 Å². The first kappa shape index (κ1) is 16.8. The summed E-state index contributed by atoms with van der Waals surface area (Å²) in [5.74, 6) is 0.659. The minimum absolute atomic E-state index is 0.172. The van der Waals surface area contributed by atoms with E-state index in [0.717, 1.165) is 29.8 Å². The van der Waals surface area contributed by atoms with Gasteiger partial charge in [0.15, 0.2) is 6.10 Å². The second-order valence-electron chi connectivity index (χ2n) is 6.31. The fraction of sp³-hybridized carbons (Fsp3) is 0.350. The van der Waals surface area contributed by atoms with Crippen molar-refractivity contribution in [1.29, 1.82) is 0 Å². The van der Waals surface area contributed by atoms with Crippen molar-refractivity contribution in [3.8, 4) is 5.75 Å². The Labute approximate surface area is 148 Å². The van der Waals surface area contributed by atoms with Gasteiger partial charge in [0.25, 0.3) is 5.91 Å². The van der Waals surface area contributed by atoms with Gasteiger partial charge in [0.1, 0.15) is 5.75 Å². The second-order valence-corrected chi connectivity index (χ2v) is 6.75. The Hall–Kier alpha value is -2.00. The Bertz CT molecular complexity index is 757. The SMILES string of the molecule is Cc1ccc(Cl)cc1NC(=O)C(C)Oc1cccc2c1CCCC2. The monoisotopic (exact) mass is 343 g/mol. The van der Waals surface area contributed by atoms with E-state index in [2.05, 4.69) is 11.4 Å². The molecule has 0 aromatic heterocycles. The Balaban J connectivity index is 1.72. The lowest BCUT2D eigenvalue weighted by Crippen LogP contribution is -2.30. The molecule has 0 saturated carbocycles. The smallest absolute Gasteiger partial charge is 0.265 e. The van der Waals surface area contributed by atoms with Gasteiger partial charge >= 0.3 is 0 Å². The molecular formula is C20H22ClNO2. The van der Waals surface area contributed by atoms with Gasteiger partial charge in [-0.2, -0.15) is 0 Å². The van der Waals surface area contributed by atoms with Gasteiger partial charge in [-0.15, -0.1) is 0 Å². The maximum Gasteiger partial charge on any atom is 0.265 e. The standard InChI is InChI=1S/C20H22ClNO2/c1-13-10-11-16(21)12-18(13)22-20(23)14(2)24-19-9-5-7-15-6-3-4-8-17(15)19/h5,7,9-12,14H,3-4,6,8H2,1-2H3,(H,22,23). The van der Waals surface area contributed by atoms with E-state index in [9.17, 15) is 4.79 Å². The molecule has 2 aromatic carbocycles. The van der Waals surface area contributed by atoms with Crippen LogP contribution in [0.2, 0.25) is 5.02 Å². The number of anilines is 1. The topological polar surface area (TPSA) is 38.3 Å². The third-order valence-electron chi connectivity index (χ3n) is 4.48. The van der Waals surface area contributed by atoms with Gasteiger partial charge in [-0.1, -0.05) is 29.8 Å². The van der Waals surface area contributed by atoms with E-state index >= 15 is 0 Å². The average Bonchev–Trinajstić information content (AvgIpc) is 2.58. The van der Waals surface area contributed by atoms with Crippen LogP contribution >= 0.6 is 11.6 Å². The number of hydrogen-bond acceptors (Lipinski definition) is 2. The second kappa shape index (κ2) is 7.27. The molecule has 1 amide bonds. The highest BCUT2D eigenvalue weighted by atomic mass is 35.5. The number of aryl methyl sites for hydroxylation is 2. The largest absolute Gasteiger partial charge is 0.481 e. The minimum Gasteiger partial charge on any atom is -0.481 e. The number of fused-ring (bicyclic) bond motifs is 1. The van der Waals surface area contributed by atoms with Gasteiger partial charge < -0.3 is 10.1 Å². The molecule has 1 unspecified atom stereocenters. The molecule has 1 atom stereocenters. The van der Waals surface area contributed by atoms with E-state index in [1.165, 1.54) is 24.0 Å². The zero-order valence-electron chi connectivity index (χ0n) is 14.1. The molecule has 0 heterocycles. The molecule has 3 nitrogen and oxygen atoms in total. The minimum atomic E-state index is -0.572. The van der Waals surface area contributed by atoms with Crippen LogP contribution in [0.4, 0.5) is 5.69 Å². The van der Waals surface area contributed by atoms with Gasteiger partial charge in [0.2, 0.25) is 0 Å². The van der Waals surface area contributed by atoms with Crippen LogP contribution in [0.3, 0.4) is 0 Å². The molecule has 3 rings (SSSR count). The Morgan fingerprint density at radius 1 is 1.21 bits per heavy atom. The predicted octanol–water partition coefficient (Wildman–Crippen LogP) is 4.93. The average molecular weight is 344 g/mol. The highest BCUT2D eigenvalue weighted by molar-refractivity contribution is 6.31. The van der Waals surface area contributed by atoms with Crippen LogP contribution in [0, 0.1) is 6.92 Å². The van der Waals surface area contributed by atoms with E-state index in [4.69, 9.17) is 16.3 Å². The number of carbonyl (C=O) groups excluding carboxylic acids is 1. The summed E-state index contributed by atoms with van der Waals surface area (Å²) in [5.41, 5.74) is 4.29. The van der Waals surface area contributed by atoms with E-state index in [-0.39, 0.29) is 5.91 Å². The van der Waals surface area contributed by atoms with Gasteiger partial charge in [-0.25, -0.2) is 0 Å². The number of hydrogen-bond donors (Lipinski definition) is 1. The molecule has 0 bridgehead atoms. The van der Waals surface area contributed by atoms with Gasteiger partial charge in [-0.3, -0.25) is 4.79 Å². The maximum atomic E-state index is 12.5. The van der Waals surface area contributed by atoms with E-state index in [0.29, 0.717) is 5.02 Å². The highest BCUT2D eigenvalue weighted by Crippen LogP contribution is 2.30. The molecule has 0 radical (unpaired) electrons. The fourth-order valence-corrected chi connectivity index (χ4v) is 3.24. The van der Waals surface area contributed by atoms with Crippen LogP contribution in [-0.4, -0.2) is 12.0 Å². The fourth-order valence-electron chi connectivity index (χ4n) is 3.06. The normalized spacial score (nSPS) is 14.6. The summed E-state index contributed by atoms with van der Waals surface area (Å²) < 4.78 is 5.97. The van der Waals surface area contributed by atoms with Crippen molar-refractivity contribution >= 4 is 23.2 Å². The summed E-state index contributed by atoms with van der Waals surface area (Å²) in [6.07, 6.45) is 3.94. The predicted molar refractivity (Wildman–Crippen MR) is 98.0 cm³/mol. The Morgan fingerprint density at radius 2 is 2.00 bits per heavy atom. The van der Waals surface area contributed by atoms with Crippen LogP contribution in [0.15, 0.2) is 36.4 Å². The molecule has 0 aliphatic heterocycles. The lowest BCUT2D eigenvalue weighted by Gasteiger charge is -2.22. The van der Waals surface area contributed by atoms with E-state index in [1.54, 1.807) is 13.0 Å². The third-order valence-corrected chi connectivity index (χ3v) is 4.72. The number of halogens is 1. The Morgan fingerprint density at radius 3 is 2.83 bits per heavy atom. The van der Waals surface area contributed by atoms with Gasteiger partial charge in [0.05, 0.1) is 0 Å². The van der Waals surface area contributed by atoms with Crippen LogP contribution in [0.5, 0.6) is 5.75 Å². The molecule has 1 aliphatic carbocycles. The van der Waals surface area contributed by atoms with Crippen molar-refractivity contribution in [1.82, 2.24) is 0 Å². The quantitative estimate of drug-likeness (QED) is 0.854.